The summed E-state index contributed by atoms with van der Waals surface area (Å²) in [5.74, 6) is 0.551. The summed E-state index contributed by atoms with van der Waals surface area (Å²) >= 11 is 0. The minimum Gasteiger partial charge on any atom is -0.461 e. The standard InChI is InChI=1S/C9H10O3/c1-9(11)6-4-2-3-5-7(6)12-8(9)10/h2-5,8,10-11H,1H3. The largest absolute Gasteiger partial charge is 0.461 e. The number of rotatable bonds is 0. The van der Waals surface area contributed by atoms with E-state index >= 15 is 0 Å². The van der Waals surface area contributed by atoms with Crippen LogP contribution in [0.2, 0.25) is 0 Å². The molecule has 1 aliphatic heterocycles. The van der Waals surface area contributed by atoms with Crippen molar-refractivity contribution in [2.24, 2.45) is 0 Å². The van der Waals surface area contributed by atoms with Crippen LogP contribution < -0.4 is 4.74 Å². The molecule has 0 radical (unpaired) electrons. The van der Waals surface area contributed by atoms with Crippen molar-refractivity contribution < 1.29 is 14.9 Å². The maximum atomic E-state index is 9.74. The highest BCUT2D eigenvalue weighted by atomic mass is 16.6. The highest BCUT2D eigenvalue weighted by Crippen LogP contribution is 2.39. The fourth-order valence-electron chi connectivity index (χ4n) is 1.36. The van der Waals surface area contributed by atoms with Crippen molar-refractivity contribution in [2.45, 2.75) is 18.8 Å². The van der Waals surface area contributed by atoms with Gasteiger partial charge in [-0.05, 0) is 13.0 Å². The van der Waals surface area contributed by atoms with Crippen LogP contribution in [0.4, 0.5) is 0 Å². The minimum absolute atomic E-state index is 0.551. The molecule has 0 amide bonds. The van der Waals surface area contributed by atoms with Gasteiger partial charge in [0.1, 0.15) is 5.75 Å². The predicted molar refractivity (Wildman–Crippen MR) is 42.6 cm³/mol. The van der Waals surface area contributed by atoms with Crippen molar-refractivity contribution in [2.75, 3.05) is 0 Å². The number of aliphatic hydroxyl groups excluding tert-OH is 1. The van der Waals surface area contributed by atoms with Crippen LogP contribution in [0.5, 0.6) is 5.75 Å². The molecule has 3 nitrogen and oxygen atoms in total. The van der Waals surface area contributed by atoms with Crippen LogP contribution in [0.3, 0.4) is 0 Å². The molecule has 64 valence electrons. The monoisotopic (exact) mass is 166 g/mol. The lowest BCUT2D eigenvalue weighted by molar-refractivity contribution is -0.141. The van der Waals surface area contributed by atoms with Crippen LogP contribution in [0.25, 0.3) is 0 Å². The summed E-state index contributed by atoms with van der Waals surface area (Å²) in [5, 5.41) is 19.0. The Bertz CT molecular complexity index is 306. The molecule has 0 spiro atoms. The van der Waals surface area contributed by atoms with Gasteiger partial charge in [0, 0.05) is 5.56 Å². The van der Waals surface area contributed by atoms with E-state index in [9.17, 15) is 10.2 Å². The minimum atomic E-state index is -1.28. The van der Waals surface area contributed by atoms with E-state index in [0.29, 0.717) is 11.3 Å². The van der Waals surface area contributed by atoms with E-state index in [0.717, 1.165) is 0 Å². The van der Waals surface area contributed by atoms with Gasteiger partial charge in [-0.2, -0.15) is 0 Å². The van der Waals surface area contributed by atoms with Gasteiger partial charge >= 0.3 is 0 Å². The fourth-order valence-corrected chi connectivity index (χ4v) is 1.36. The number of para-hydroxylation sites is 1. The van der Waals surface area contributed by atoms with Gasteiger partial charge in [-0.1, -0.05) is 18.2 Å². The van der Waals surface area contributed by atoms with E-state index in [1.54, 1.807) is 24.3 Å². The van der Waals surface area contributed by atoms with Gasteiger partial charge in [-0.15, -0.1) is 0 Å². The summed E-state index contributed by atoms with van der Waals surface area (Å²) in [6.07, 6.45) is -1.16. The summed E-state index contributed by atoms with van der Waals surface area (Å²) in [6, 6.07) is 7.06. The third-order valence-electron chi connectivity index (χ3n) is 2.15. The van der Waals surface area contributed by atoms with Gasteiger partial charge in [0.05, 0.1) is 0 Å². The van der Waals surface area contributed by atoms with E-state index in [1.165, 1.54) is 6.92 Å². The SMILES string of the molecule is CC1(O)c2ccccc2OC1O. The average Bonchev–Trinajstić information content (AvgIpc) is 2.25. The van der Waals surface area contributed by atoms with Crippen molar-refractivity contribution in [3.8, 4) is 5.75 Å². The number of ether oxygens (including phenoxy) is 1. The van der Waals surface area contributed by atoms with Crippen molar-refractivity contribution in [3.05, 3.63) is 29.8 Å². The average molecular weight is 166 g/mol. The van der Waals surface area contributed by atoms with Gasteiger partial charge in [-0.25, -0.2) is 0 Å². The highest BCUT2D eigenvalue weighted by Gasteiger charge is 2.42. The molecule has 0 saturated heterocycles. The lowest BCUT2D eigenvalue weighted by Crippen LogP contribution is -2.34. The first kappa shape index (κ1) is 7.58. The van der Waals surface area contributed by atoms with Gasteiger partial charge in [-0.3, -0.25) is 0 Å². The molecular weight excluding hydrogens is 156 g/mol. The smallest absolute Gasteiger partial charge is 0.230 e. The maximum absolute atomic E-state index is 9.74. The van der Waals surface area contributed by atoms with Gasteiger partial charge in [0.2, 0.25) is 6.29 Å². The second-order valence-corrected chi connectivity index (χ2v) is 3.11. The molecule has 1 aromatic carbocycles. The van der Waals surface area contributed by atoms with Crippen LogP contribution in [0, 0.1) is 0 Å². The van der Waals surface area contributed by atoms with Crippen LogP contribution in [-0.4, -0.2) is 16.5 Å². The molecular formula is C9H10O3. The normalized spacial score (nSPS) is 32.8. The van der Waals surface area contributed by atoms with Crippen molar-refractivity contribution in [1.82, 2.24) is 0 Å². The topological polar surface area (TPSA) is 49.7 Å². The van der Waals surface area contributed by atoms with E-state index < -0.39 is 11.9 Å². The van der Waals surface area contributed by atoms with Crippen LogP contribution >= 0.6 is 0 Å². The predicted octanol–water partition coefficient (Wildman–Crippen LogP) is 0.605. The van der Waals surface area contributed by atoms with Crippen LogP contribution in [0.1, 0.15) is 12.5 Å². The zero-order valence-electron chi connectivity index (χ0n) is 6.69. The van der Waals surface area contributed by atoms with E-state index in [1.807, 2.05) is 0 Å². The molecule has 2 unspecified atom stereocenters. The van der Waals surface area contributed by atoms with Gasteiger partial charge in [0.15, 0.2) is 5.60 Å². The Morgan fingerprint density at radius 1 is 1.42 bits per heavy atom. The van der Waals surface area contributed by atoms with Crippen molar-refractivity contribution >= 4 is 0 Å². The van der Waals surface area contributed by atoms with Crippen LogP contribution in [-0.2, 0) is 5.60 Å². The first-order valence-electron chi connectivity index (χ1n) is 3.79. The van der Waals surface area contributed by atoms with Gasteiger partial charge < -0.3 is 14.9 Å². The summed E-state index contributed by atoms with van der Waals surface area (Å²) in [6.45, 7) is 1.53. The molecule has 2 N–H and O–H groups in total. The van der Waals surface area contributed by atoms with Gasteiger partial charge in [0.25, 0.3) is 0 Å². The molecule has 3 heteroatoms. The number of hydrogen-bond acceptors (Lipinski definition) is 3. The molecule has 2 atom stereocenters. The quantitative estimate of drug-likeness (QED) is 0.593. The zero-order valence-corrected chi connectivity index (χ0v) is 6.69. The summed E-state index contributed by atoms with van der Waals surface area (Å²) in [4.78, 5) is 0. The summed E-state index contributed by atoms with van der Waals surface area (Å²) < 4.78 is 5.03. The highest BCUT2D eigenvalue weighted by molar-refractivity contribution is 5.41. The molecule has 1 aromatic rings. The second-order valence-electron chi connectivity index (χ2n) is 3.11. The lowest BCUT2D eigenvalue weighted by atomic mass is 9.97. The number of benzene rings is 1. The molecule has 2 rings (SSSR count). The van der Waals surface area contributed by atoms with Crippen molar-refractivity contribution in [1.29, 1.82) is 0 Å². The Balaban J connectivity index is 2.55. The number of aliphatic hydroxyl groups is 2. The fraction of sp³-hybridized carbons (Fsp3) is 0.333. The molecule has 0 aromatic heterocycles. The van der Waals surface area contributed by atoms with E-state index in [4.69, 9.17) is 4.74 Å². The van der Waals surface area contributed by atoms with E-state index in [2.05, 4.69) is 0 Å². The summed E-state index contributed by atoms with van der Waals surface area (Å²) in [7, 11) is 0. The molecule has 1 aliphatic rings. The maximum Gasteiger partial charge on any atom is 0.230 e. The Morgan fingerprint density at radius 2 is 2.08 bits per heavy atom. The molecule has 0 aliphatic carbocycles. The molecule has 0 bridgehead atoms. The molecule has 12 heavy (non-hydrogen) atoms. The van der Waals surface area contributed by atoms with E-state index in [-0.39, 0.29) is 0 Å². The molecule has 0 saturated carbocycles. The first-order valence-corrected chi connectivity index (χ1v) is 3.79. The number of hydrogen-bond donors (Lipinski definition) is 2. The first-order chi connectivity index (χ1) is 5.62. The second kappa shape index (κ2) is 2.21. The Kier molecular flexibility index (Phi) is 1.40. The summed E-state index contributed by atoms with van der Waals surface area (Å²) in [5.41, 5.74) is -0.645. The van der Waals surface area contributed by atoms with Crippen LogP contribution in [0.15, 0.2) is 24.3 Å². The zero-order chi connectivity index (χ0) is 8.77. The Labute approximate surface area is 70.2 Å². The third kappa shape index (κ3) is 0.838. The molecule has 1 heterocycles. The lowest BCUT2D eigenvalue weighted by Gasteiger charge is -2.18. The van der Waals surface area contributed by atoms with Crippen molar-refractivity contribution in [3.63, 3.8) is 0 Å². The molecule has 0 fully saturated rings. The number of fused-ring (bicyclic) bond motifs is 1. The Hall–Kier alpha value is -1.06. The Morgan fingerprint density at radius 3 is 2.75 bits per heavy atom. The third-order valence-corrected chi connectivity index (χ3v) is 2.15.